The molecule has 1 heteroatoms. The van der Waals surface area contributed by atoms with Crippen LogP contribution >= 0.6 is 11.6 Å². The van der Waals surface area contributed by atoms with E-state index in [1.165, 1.54) is 42.4 Å². The fraction of sp³-hybridized carbons (Fsp3) is 0.455. The fourth-order valence-corrected chi connectivity index (χ4v) is 2.27. The van der Waals surface area contributed by atoms with E-state index in [1.54, 1.807) is 0 Å². The summed E-state index contributed by atoms with van der Waals surface area (Å²) in [5, 5.41) is 0.968. The highest BCUT2D eigenvalue weighted by molar-refractivity contribution is 6.31. The van der Waals surface area contributed by atoms with Gasteiger partial charge in [-0.1, -0.05) is 17.7 Å². The van der Waals surface area contributed by atoms with Crippen molar-refractivity contribution in [2.24, 2.45) is 0 Å². The molecule has 1 aromatic rings. The van der Waals surface area contributed by atoms with Gasteiger partial charge in [0.25, 0.3) is 0 Å². The van der Waals surface area contributed by atoms with Crippen molar-refractivity contribution in [1.29, 1.82) is 0 Å². The van der Waals surface area contributed by atoms with Crippen molar-refractivity contribution in [3.05, 3.63) is 33.8 Å². The Morgan fingerprint density at radius 2 is 1.75 bits per heavy atom. The van der Waals surface area contributed by atoms with Crippen LogP contribution in [0.15, 0.2) is 12.1 Å². The Hall–Kier alpha value is -0.490. The summed E-state index contributed by atoms with van der Waals surface area (Å²) in [4.78, 5) is 0. The van der Waals surface area contributed by atoms with Gasteiger partial charge in [0.2, 0.25) is 0 Å². The number of fused-ring (bicyclic) bond motifs is 1. The zero-order chi connectivity index (χ0) is 8.55. The van der Waals surface area contributed by atoms with Gasteiger partial charge in [-0.05, 0) is 55.4 Å². The first-order chi connectivity index (χ1) is 5.79. The maximum absolute atomic E-state index is 6.11. The van der Waals surface area contributed by atoms with Crippen LogP contribution in [0.3, 0.4) is 0 Å². The van der Waals surface area contributed by atoms with Crippen LogP contribution in [0.1, 0.15) is 29.5 Å². The molecule has 0 spiro atoms. The van der Waals surface area contributed by atoms with Gasteiger partial charge in [0.05, 0.1) is 0 Å². The molecule has 0 aromatic heterocycles. The van der Waals surface area contributed by atoms with Crippen LogP contribution in [0.5, 0.6) is 0 Å². The van der Waals surface area contributed by atoms with Gasteiger partial charge in [-0.15, -0.1) is 0 Å². The van der Waals surface area contributed by atoms with E-state index in [0.717, 1.165) is 5.02 Å². The fourth-order valence-electron chi connectivity index (χ4n) is 2.00. The van der Waals surface area contributed by atoms with E-state index in [2.05, 4.69) is 13.0 Å². The first-order valence-electron chi connectivity index (χ1n) is 4.56. The van der Waals surface area contributed by atoms with E-state index in [9.17, 15) is 0 Å². The Morgan fingerprint density at radius 3 is 2.42 bits per heavy atom. The van der Waals surface area contributed by atoms with Gasteiger partial charge in [-0.2, -0.15) is 0 Å². The van der Waals surface area contributed by atoms with Gasteiger partial charge >= 0.3 is 0 Å². The molecule has 0 nitrogen and oxygen atoms in total. The zero-order valence-electron chi connectivity index (χ0n) is 7.36. The molecule has 1 aliphatic carbocycles. The molecule has 12 heavy (non-hydrogen) atoms. The molecule has 0 heterocycles. The Kier molecular flexibility index (Phi) is 2.10. The Morgan fingerprint density at radius 1 is 1.08 bits per heavy atom. The highest BCUT2D eigenvalue weighted by Crippen LogP contribution is 2.29. The Bertz CT molecular complexity index is 271. The maximum atomic E-state index is 6.11. The van der Waals surface area contributed by atoms with Gasteiger partial charge in [0, 0.05) is 5.02 Å². The van der Waals surface area contributed by atoms with Crippen LogP contribution in [0.2, 0.25) is 5.02 Å². The highest BCUT2D eigenvalue weighted by Gasteiger charge is 2.13. The normalized spacial score (nSPS) is 15.8. The average molecular weight is 181 g/mol. The quantitative estimate of drug-likeness (QED) is 0.573. The van der Waals surface area contributed by atoms with Gasteiger partial charge in [-0.3, -0.25) is 0 Å². The minimum Gasteiger partial charge on any atom is -0.0840 e. The minimum atomic E-state index is 0.968. The second kappa shape index (κ2) is 3.10. The molecule has 0 saturated carbocycles. The molecule has 0 N–H and O–H groups in total. The molecule has 64 valence electrons. The van der Waals surface area contributed by atoms with Crippen molar-refractivity contribution < 1.29 is 0 Å². The lowest BCUT2D eigenvalue weighted by molar-refractivity contribution is 0.682. The average Bonchev–Trinajstić information content (AvgIpc) is 2.12. The van der Waals surface area contributed by atoms with E-state index < -0.39 is 0 Å². The minimum absolute atomic E-state index is 0.968. The largest absolute Gasteiger partial charge is 0.0840 e. The van der Waals surface area contributed by atoms with Crippen molar-refractivity contribution in [3.63, 3.8) is 0 Å². The number of benzene rings is 1. The molecule has 0 amide bonds. The predicted molar refractivity (Wildman–Crippen MR) is 52.8 cm³/mol. The number of hydrogen-bond acceptors (Lipinski definition) is 0. The molecule has 0 radical (unpaired) electrons. The van der Waals surface area contributed by atoms with Crippen LogP contribution in [0.4, 0.5) is 0 Å². The lowest BCUT2D eigenvalue weighted by atomic mass is 9.89. The van der Waals surface area contributed by atoms with Crippen LogP contribution < -0.4 is 0 Å². The first kappa shape index (κ1) is 8.12. The molecule has 2 rings (SSSR count). The molecule has 0 aliphatic heterocycles. The van der Waals surface area contributed by atoms with E-state index >= 15 is 0 Å². The predicted octanol–water partition coefficient (Wildman–Crippen LogP) is 3.53. The topological polar surface area (TPSA) is 0 Å². The molecular formula is C11H13Cl. The molecule has 0 unspecified atom stereocenters. The van der Waals surface area contributed by atoms with Crippen LogP contribution in [-0.2, 0) is 12.8 Å². The van der Waals surface area contributed by atoms with Crippen LogP contribution in [0, 0.1) is 6.92 Å². The van der Waals surface area contributed by atoms with E-state index in [1.807, 2.05) is 6.07 Å². The summed E-state index contributed by atoms with van der Waals surface area (Å²) in [5.74, 6) is 0. The SMILES string of the molecule is Cc1ccc(Cl)c2c1CCCC2. The van der Waals surface area contributed by atoms with Gasteiger partial charge < -0.3 is 0 Å². The van der Waals surface area contributed by atoms with Crippen LogP contribution in [-0.4, -0.2) is 0 Å². The van der Waals surface area contributed by atoms with Crippen molar-refractivity contribution in [2.75, 3.05) is 0 Å². The third-order valence-corrected chi connectivity index (χ3v) is 3.07. The maximum Gasteiger partial charge on any atom is 0.0440 e. The number of aryl methyl sites for hydroxylation is 1. The Labute approximate surface area is 78.6 Å². The van der Waals surface area contributed by atoms with Gasteiger partial charge in [0.15, 0.2) is 0 Å². The summed E-state index contributed by atoms with van der Waals surface area (Å²) < 4.78 is 0. The first-order valence-corrected chi connectivity index (χ1v) is 4.93. The second-order valence-electron chi connectivity index (χ2n) is 3.53. The van der Waals surface area contributed by atoms with Gasteiger partial charge in [0.1, 0.15) is 0 Å². The molecule has 0 bridgehead atoms. The molecule has 0 saturated heterocycles. The number of rotatable bonds is 0. The zero-order valence-corrected chi connectivity index (χ0v) is 8.12. The summed E-state index contributed by atoms with van der Waals surface area (Å²) in [6.07, 6.45) is 5.03. The smallest absolute Gasteiger partial charge is 0.0440 e. The molecule has 0 atom stereocenters. The van der Waals surface area contributed by atoms with Crippen molar-refractivity contribution in [3.8, 4) is 0 Å². The number of hydrogen-bond donors (Lipinski definition) is 0. The van der Waals surface area contributed by atoms with Crippen molar-refractivity contribution >= 4 is 11.6 Å². The van der Waals surface area contributed by atoms with E-state index in [-0.39, 0.29) is 0 Å². The van der Waals surface area contributed by atoms with E-state index in [4.69, 9.17) is 11.6 Å². The standard InChI is InChI=1S/C11H13Cl/c1-8-6-7-11(12)10-5-3-2-4-9(8)10/h6-7H,2-5H2,1H3. The third-order valence-electron chi connectivity index (χ3n) is 2.71. The van der Waals surface area contributed by atoms with Crippen molar-refractivity contribution in [1.82, 2.24) is 0 Å². The van der Waals surface area contributed by atoms with Crippen LogP contribution in [0.25, 0.3) is 0 Å². The summed E-state index contributed by atoms with van der Waals surface area (Å²) in [6, 6.07) is 4.16. The lowest BCUT2D eigenvalue weighted by Crippen LogP contribution is -2.05. The lowest BCUT2D eigenvalue weighted by Gasteiger charge is -2.18. The molecule has 1 aromatic carbocycles. The summed E-state index contributed by atoms with van der Waals surface area (Å²) in [5.41, 5.74) is 4.32. The Balaban J connectivity index is 2.57. The summed E-state index contributed by atoms with van der Waals surface area (Å²) in [6.45, 7) is 2.18. The van der Waals surface area contributed by atoms with Gasteiger partial charge in [-0.25, -0.2) is 0 Å². The van der Waals surface area contributed by atoms with E-state index in [0.29, 0.717) is 0 Å². The highest BCUT2D eigenvalue weighted by atomic mass is 35.5. The van der Waals surface area contributed by atoms with Crippen molar-refractivity contribution in [2.45, 2.75) is 32.6 Å². The number of halogens is 1. The summed E-state index contributed by atoms with van der Waals surface area (Å²) >= 11 is 6.11. The third kappa shape index (κ3) is 1.25. The molecular weight excluding hydrogens is 168 g/mol. The monoisotopic (exact) mass is 180 g/mol. The summed E-state index contributed by atoms with van der Waals surface area (Å²) in [7, 11) is 0. The molecule has 0 fully saturated rings. The second-order valence-corrected chi connectivity index (χ2v) is 3.94. The molecule has 1 aliphatic rings.